The number of aromatic amines is 1. The number of morpholine rings is 1. The van der Waals surface area contributed by atoms with Gasteiger partial charge in [-0.1, -0.05) is 0 Å². The minimum absolute atomic E-state index is 0.180. The Kier molecular flexibility index (Phi) is 3.72. The second kappa shape index (κ2) is 5.08. The van der Waals surface area contributed by atoms with Gasteiger partial charge in [-0.2, -0.15) is 22.1 Å². The summed E-state index contributed by atoms with van der Waals surface area (Å²) in [6, 6.07) is 0. The highest BCUT2D eigenvalue weighted by Crippen LogP contribution is 2.10. The molecule has 0 unspecified atom stereocenters. The molecule has 2 rings (SSSR count). The molecule has 0 aliphatic carbocycles. The summed E-state index contributed by atoms with van der Waals surface area (Å²) in [5, 5.41) is 6.31. The lowest BCUT2D eigenvalue weighted by atomic mass is 10.5. The monoisotopic (exact) mass is 261 g/mol. The van der Waals surface area contributed by atoms with Crippen LogP contribution in [0.2, 0.25) is 0 Å². The second-order valence-electron chi connectivity index (χ2n) is 3.71. The van der Waals surface area contributed by atoms with E-state index in [1.165, 1.54) is 22.0 Å². The minimum atomic E-state index is -3.44. The van der Waals surface area contributed by atoms with Gasteiger partial charge in [-0.15, -0.1) is 0 Å². The number of H-pyrrole nitrogens is 1. The number of nitrogens with zero attached hydrogens (tertiary/aromatic N) is 4. The van der Waals surface area contributed by atoms with Gasteiger partial charge in [0.05, 0.1) is 19.8 Å². The Labute approximate surface area is 99.8 Å². The molecule has 0 spiro atoms. The fourth-order valence-corrected chi connectivity index (χ4v) is 2.86. The third kappa shape index (κ3) is 2.80. The molecule has 9 heteroatoms. The van der Waals surface area contributed by atoms with Crippen molar-refractivity contribution in [1.82, 2.24) is 23.8 Å². The van der Waals surface area contributed by atoms with E-state index in [4.69, 9.17) is 4.74 Å². The van der Waals surface area contributed by atoms with E-state index in [1.807, 2.05) is 0 Å². The van der Waals surface area contributed by atoms with E-state index in [-0.39, 0.29) is 6.54 Å². The summed E-state index contributed by atoms with van der Waals surface area (Å²) in [5.74, 6) is 0.518. The van der Waals surface area contributed by atoms with Crippen LogP contribution in [0.25, 0.3) is 0 Å². The van der Waals surface area contributed by atoms with E-state index in [2.05, 4.69) is 15.2 Å². The number of nitrogens with one attached hydrogen (secondary N) is 1. The summed E-state index contributed by atoms with van der Waals surface area (Å²) in [6.07, 6.45) is 1.35. The zero-order valence-electron chi connectivity index (χ0n) is 9.53. The van der Waals surface area contributed by atoms with E-state index >= 15 is 0 Å². The molecule has 0 amide bonds. The quantitative estimate of drug-likeness (QED) is 0.736. The Morgan fingerprint density at radius 1 is 1.53 bits per heavy atom. The summed E-state index contributed by atoms with van der Waals surface area (Å²) in [5.41, 5.74) is 0. The Morgan fingerprint density at radius 3 is 2.82 bits per heavy atom. The van der Waals surface area contributed by atoms with Gasteiger partial charge >= 0.3 is 0 Å². The lowest BCUT2D eigenvalue weighted by Crippen LogP contribution is -2.47. The molecule has 0 aromatic carbocycles. The van der Waals surface area contributed by atoms with Crippen molar-refractivity contribution in [2.75, 3.05) is 33.4 Å². The molecule has 1 saturated heterocycles. The molecular formula is C8H15N5O3S. The second-order valence-corrected chi connectivity index (χ2v) is 5.74. The van der Waals surface area contributed by atoms with Gasteiger partial charge in [0.25, 0.3) is 10.2 Å². The van der Waals surface area contributed by atoms with Crippen molar-refractivity contribution >= 4 is 10.2 Å². The maximum atomic E-state index is 12.1. The average Bonchev–Trinajstić information content (AvgIpc) is 2.83. The lowest BCUT2D eigenvalue weighted by molar-refractivity contribution is 0.0705. The fourth-order valence-electron chi connectivity index (χ4n) is 1.57. The van der Waals surface area contributed by atoms with Crippen LogP contribution in [0.15, 0.2) is 6.33 Å². The van der Waals surface area contributed by atoms with E-state index in [1.54, 1.807) is 0 Å². The van der Waals surface area contributed by atoms with Crippen molar-refractivity contribution in [3.05, 3.63) is 12.2 Å². The van der Waals surface area contributed by atoms with Gasteiger partial charge in [-0.05, 0) is 0 Å². The first-order chi connectivity index (χ1) is 8.10. The molecular weight excluding hydrogens is 246 g/mol. The smallest absolute Gasteiger partial charge is 0.282 e. The van der Waals surface area contributed by atoms with E-state index in [9.17, 15) is 8.42 Å². The van der Waals surface area contributed by atoms with Gasteiger partial charge in [0.15, 0.2) is 0 Å². The molecule has 1 aliphatic rings. The van der Waals surface area contributed by atoms with Crippen molar-refractivity contribution < 1.29 is 13.2 Å². The van der Waals surface area contributed by atoms with Crippen LogP contribution in [0.1, 0.15) is 5.82 Å². The summed E-state index contributed by atoms with van der Waals surface area (Å²) in [7, 11) is -1.92. The Bertz CT molecular complexity index is 440. The highest BCUT2D eigenvalue weighted by molar-refractivity contribution is 7.86. The number of aromatic nitrogens is 3. The highest BCUT2D eigenvalue weighted by Gasteiger charge is 2.28. The van der Waals surface area contributed by atoms with E-state index in [0.29, 0.717) is 32.1 Å². The van der Waals surface area contributed by atoms with Crippen LogP contribution < -0.4 is 0 Å². The standard InChI is InChI=1S/C8H15N5O3S/c1-12(6-8-9-7-10-11-8)17(14,15)13-2-4-16-5-3-13/h7H,2-6H2,1H3,(H,9,10,11). The molecule has 0 bridgehead atoms. The highest BCUT2D eigenvalue weighted by atomic mass is 32.2. The molecule has 17 heavy (non-hydrogen) atoms. The van der Waals surface area contributed by atoms with Gasteiger partial charge in [0, 0.05) is 20.1 Å². The number of hydrogen-bond acceptors (Lipinski definition) is 5. The van der Waals surface area contributed by atoms with Crippen LogP contribution in [0.5, 0.6) is 0 Å². The van der Waals surface area contributed by atoms with Crippen LogP contribution >= 0.6 is 0 Å². The van der Waals surface area contributed by atoms with Crippen molar-refractivity contribution in [2.45, 2.75) is 6.54 Å². The first kappa shape index (κ1) is 12.4. The zero-order chi connectivity index (χ0) is 12.3. The topological polar surface area (TPSA) is 91.4 Å². The largest absolute Gasteiger partial charge is 0.379 e. The number of ether oxygens (including phenoxy) is 1. The van der Waals surface area contributed by atoms with Gasteiger partial charge in [0.1, 0.15) is 12.2 Å². The van der Waals surface area contributed by atoms with Gasteiger partial charge in [-0.25, -0.2) is 4.98 Å². The average molecular weight is 261 g/mol. The van der Waals surface area contributed by atoms with Gasteiger partial charge < -0.3 is 4.74 Å². The molecule has 0 saturated carbocycles. The van der Waals surface area contributed by atoms with Crippen LogP contribution in [0.3, 0.4) is 0 Å². The Morgan fingerprint density at radius 2 is 2.24 bits per heavy atom. The van der Waals surface area contributed by atoms with Crippen LogP contribution in [0, 0.1) is 0 Å². The number of hydrogen-bond donors (Lipinski definition) is 1. The SMILES string of the molecule is CN(Cc1ncn[nH]1)S(=O)(=O)N1CCOCC1. The van der Waals surface area contributed by atoms with Crippen molar-refractivity contribution in [2.24, 2.45) is 0 Å². The lowest BCUT2D eigenvalue weighted by Gasteiger charge is -2.29. The maximum Gasteiger partial charge on any atom is 0.282 e. The molecule has 8 nitrogen and oxygen atoms in total. The zero-order valence-corrected chi connectivity index (χ0v) is 10.4. The molecule has 1 aromatic rings. The summed E-state index contributed by atoms with van der Waals surface area (Å²) < 4.78 is 32.1. The fraction of sp³-hybridized carbons (Fsp3) is 0.750. The van der Waals surface area contributed by atoms with E-state index in [0.717, 1.165) is 0 Å². The van der Waals surface area contributed by atoms with Crippen molar-refractivity contribution in [1.29, 1.82) is 0 Å². The van der Waals surface area contributed by atoms with E-state index < -0.39 is 10.2 Å². The Balaban J connectivity index is 2.03. The Hall–Kier alpha value is -1.03. The summed E-state index contributed by atoms with van der Waals surface area (Å²) in [4.78, 5) is 3.90. The predicted octanol–water partition coefficient (Wildman–Crippen LogP) is -1.19. The van der Waals surface area contributed by atoms with Crippen LogP contribution in [0.4, 0.5) is 0 Å². The molecule has 96 valence electrons. The molecule has 1 aromatic heterocycles. The summed E-state index contributed by atoms with van der Waals surface area (Å²) in [6.45, 7) is 1.84. The summed E-state index contributed by atoms with van der Waals surface area (Å²) >= 11 is 0. The minimum Gasteiger partial charge on any atom is -0.379 e. The maximum absolute atomic E-state index is 12.1. The molecule has 1 aliphatic heterocycles. The predicted molar refractivity (Wildman–Crippen MR) is 59.2 cm³/mol. The third-order valence-electron chi connectivity index (χ3n) is 2.53. The molecule has 2 heterocycles. The first-order valence-corrected chi connectivity index (χ1v) is 6.64. The molecule has 0 radical (unpaired) electrons. The normalized spacial score (nSPS) is 18.7. The molecule has 0 atom stereocenters. The van der Waals surface area contributed by atoms with Crippen molar-refractivity contribution in [3.8, 4) is 0 Å². The molecule has 1 N–H and O–H groups in total. The van der Waals surface area contributed by atoms with Crippen molar-refractivity contribution in [3.63, 3.8) is 0 Å². The van der Waals surface area contributed by atoms with Crippen LogP contribution in [-0.2, 0) is 21.5 Å². The third-order valence-corrected chi connectivity index (χ3v) is 4.46. The van der Waals surface area contributed by atoms with Crippen LogP contribution in [-0.4, -0.2) is 65.6 Å². The first-order valence-electron chi connectivity index (χ1n) is 5.24. The van der Waals surface area contributed by atoms with Gasteiger partial charge in [0.2, 0.25) is 0 Å². The number of rotatable bonds is 4. The van der Waals surface area contributed by atoms with Gasteiger partial charge in [-0.3, -0.25) is 5.10 Å². The molecule has 1 fully saturated rings.